The predicted octanol–water partition coefficient (Wildman–Crippen LogP) is 7.25. The van der Waals surface area contributed by atoms with Crippen molar-refractivity contribution in [1.82, 2.24) is 0 Å². The highest BCUT2D eigenvalue weighted by Crippen LogP contribution is 2.40. The fraction of sp³-hybridized carbons (Fsp3) is 0.429. The van der Waals surface area contributed by atoms with Crippen LogP contribution in [-0.2, 0) is 4.74 Å². The molecule has 0 radical (unpaired) electrons. The van der Waals surface area contributed by atoms with Crippen LogP contribution in [0.25, 0.3) is 16.7 Å². The van der Waals surface area contributed by atoms with Crippen molar-refractivity contribution in [2.75, 3.05) is 7.11 Å². The number of hydrogen-bond acceptors (Lipinski definition) is 2. The zero-order valence-corrected chi connectivity index (χ0v) is 19.0. The highest BCUT2D eigenvalue weighted by Gasteiger charge is 2.32. The van der Waals surface area contributed by atoms with Gasteiger partial charge in [0.15, 0.2) is 0 Å². The van der Waals surface area contributed by atoms with Crippen LogP contribution in [0.1, 0.15) is 68.9 Å². The van der Waals surface area contributed by atoms with Crippen molar-refractivity contribution in [3.8, 4) is 11.1 Å². The van der Waals surface area contributed by atoms with Gasteiger partial charge in [0.1, 0.15) is 5.82 Å². The Balaban J connectivity index is 2.01. The SMILES string of the molecule is C=CCC(N)C(C)c1cc(C(=C)CC2(OC)CCCCC2)cc(-c2ccccc2F)c1. The second-order valence-electron chi connectivity index (χ2n) is 9.03. The van der Waals surface area contributed by atoms with Crippen LogP contribution < -0.4 is 5.73 Å². The number of hydrogen-bond donors (Lipinski definition) is 1. The summed E-state index contributed by atoms with van der Waals surface area (Å²) in [5, 5.41) is 0. The molecule has 1 aliphatic rings. The van der Waals surface area contributed by atoms with Crippen LogP contribution >= 0.6 is 0 Å². The summed E-state index contributed by atoms with van der Waals surface area (Å²) in [6.45, 7) is 10.4. The summed E-state index contributed by atoms with van der Waals surface area (Å²) in [5.74, 6) is -0.109. The Morgan fingerprint density at radius 3 is 2.55 bits per heavy atom. The highest BCUT2D eigenvalue weighted by atomic mass is 19.1. The monoisotopic (exact) mass is 421 g/mol. The zero-order valence-electron chi connectivity index (χ0n) is 19.0. The maximum Gasteiger partial charge on any atom is 0.131 e. The quantitative estimate of drug-likeness (QED) is 0.433. The molecular formula is C28H36FNO. The first-order chi connectivity index (χ1) is 14.9. The third kappa shape index (κ3) is 5.53. The van der Waals surface area contributed by atoms with Crippen molar-refractivity contribution < 1.29 is 9.13 Å². The number of rotatable bonds is 9. The lowest BCUT2D eigenvalue weighted by Gasteiger charge is -2.37. The molecular weight excluding hydrogens is 385 g/mol. The lowest BCUT2D eigenvalue weighted by molar-refractivity contribution is -0.0346. The van der Waals surface area contributed by atoms with Gasteiger partial charge in [-0.05, 0) is 59.6 Å². The maximum atomic E-state index is 14.6. The van der Waals surface area contributed by atoms with Gasteiger partial charge in [0.05, 0.1) is 5.60 Å². The van der Waals surface area contributed by atoms with Gasteiger partial charge >= 0.3 is 0 Å². The van der Waals surface area contributed by atoms with Gasteiger partial charge in [0, 0.05) is 25.1 Å². The van der Waals surface area contributed by atoms with Crippen LogP contribution in [0.15, 0.2) is 61.7 Å². The molecule has 2 N–H and O–H groups in total. The normalized spacial score (nSPS) is 17.7. The van der Waals surface area contributed by atoms with Gasteiger partial charge in [-0.25, -0.2) is 4.39 Å². The van der Waals surface area contributed by atoms with Crippen molar-refractivity contribution in [2.45, 2.75) is 69.4 Å². The Morgan fingerprint density at radius 2 is 1.90 bits per heavy atom. The van der Waals surface area contributed by atoms with E-state index in [-0.39, 0.29) is 23.4 Å². The molecule has 0 bridgehead atoms. The minimum absolute atomic E-state index is 0.0434. The second kappa shape index (κ2) is 10.4. The number of benzene rings is 2. The molecule has 0 aliphatic heterocycles. The molecule has 2 unspecified atom stereocenters. The Labute approximate surface area is 187 Å². The van der Waals surface area contributed by atoms with Crippen molar-refractivity contribution in [2.24, 2.45) is 5.73 Å². The van der Waals surface area contributed by atoms with E-state index in [2.05, 4.69) is 38.3 Å². The molecule has 166 valence electrons. The summed E-state index contributed by atoms with van der Waals surface area (Å²) in [7, 11) is 1.82. The van der Waals surface area contributed by atoms with E-state index in [0.717, 1.165) is 47.9 Å². The van der Waals surface area contributed by atoms with Gasteiger partial charge in [0.2, 0.25) is 0 Å². The molecule has 31 heavy (non-hydrogen) atoms. The van der Waals surface area contributed by atoms with Gasteiger partial charge in [-0.2, -0.15) is 0 Å². The fourth-order valence-corrected chi connectivity index (χ4v) is 4.75. The van der Waals surface area contributed by atoms with Crippen LogP contribution in [0.2, 0.25) is 0 Å². The smallest absolute Gasteiger partial charge is 0.131 e. The Morgan fingerprint density at radius 1 is 1.19 bits per heavy atom. The van der Waals surface area contributed by atoms with E-state index in [1.165, 1.54) is 25.3 Å². The summed E-state index contributed by atoms with van der Waals surface area (Å²) in [4.78, 5) is 0. The molecule has 2 atom stereocenters. The summed E-state index contributed by atoms with van der Waals surface area (Å²) >= 11 is 0. The molecule has 0 spiro atoms. The maximum absolute atomic E-state index is 14.6. The van der Waals surface area contributed by atoms with Crippen LogP contribution in [0.4, 0.5) is 4.39 Å². The largest absolute Gasteiger partial charge is 0.378 e. The number of ether oxygens (including phenoxy) is 1. The molecule has 2 aromatic rings. The molecule has 1 fully saturated rings. The molecule has 3 heteroatoms. The number of methoxy groups -OCH3 is 1. The van der Waals surface area contributed by atoms with E-state index >= 15 is 0 Å². The molecule has 0 aromatic heterocycles. The first kappa shape index (κ1) is 23.4. The minimum atomic E-state index is -0.222. The average molecular weight is 422 g/mol. The number of halogens is 1. The molecule has 1 aliphatic carbocycles. The number of nitrogens with two attached hydrogens (primary N) is 1. The summed E-state index contributed by atoms with van der Waals surface area (Å²) in [5.41, 5.74) is 10.9. The van der Waals surface area contributed by atoms with E-state index in [0.29, 0.717) is 5.56 Å². The first-order valence-corrected chi connectivity index (χ1v) is 11.4. The highest BCUT2D eigenvalue weighted by molar-refractivity contribution is 5.73. The van der Waals surface area contributed by atoms with Crippen LogP contribution in [0.3, 0.4) is 0 Å². The van der Waals surface area contributed by atoms with E-state index < -0.39 is 0 Å². The van der Waals surface area contributed by atoms with Gasteiger partial charge < -0.3 is 10.5 Å². The second-order valence-corrected chi connectivity index (χ2v) is 9.03. The fourth-order valence-electron chi connectivity index (χ4n) is 4.75. The van der Waals surface area contributed by atoms with E-state index in [1.807, 2.05) is 25.3 Å². The first-order valence-electron chi connectivity index (χ1n) is 11.4. The zero-order chi connectivity index (χ0) is 22.4. The molecule has 2 aromatic carbocycles. The van der Waals surface area contributed by atoms with Gasteiger partial charge in [-0.15, -0.1) is 6.58 Å². The third-order valence-corrected chi connectivity index (χ3v) is 6.89. The molecule has 2 nitrogen and oxygen atoms in total. The van der Waals surface area contributed by atoms with Crippen molar-refractivity contribution in [3.63, 3.8) is 0 Å². The summed E-state index contributed by atoms with van der Waals surface area (Å²) < 4.78 is 20.6. The molecule has 0 heterocycles. The van der Waals surface area contributed by atoms with Crippen molar-refractivity contribution in [1.29, 1.82) is 0 Å². The molecule has 1 saturated carbocycles. The Hall–Kier alpha value is -2.23. The van der Waals surface area contributed by atoms with Crippen LogP contribution in [0.5, 0.6) is 0 Å². The van der Waals surface area contributed by atoms with E-state index in [9.17, 15) is 4.39 Å². The summed E-state index contributed by atoms with van der Waals surface area (Å²) in [6.07, 6.45) is 9.14. The lowest BCUT2D eigenvalue weighted by atomic mass is 9.78. The molecule has 0 amide bonds. The van der Waals surface area contributed by atoms with Crippen molar-refractivity contribution >= 4 is 5.57 Å². The van der Waals surface area contributed by atoms with Crippen LogP contribution in [0, 0.1) is 5.82 Å². The minimum Gasteiger partial charge on any atom is -0.378 e. The van der Waals surface area contributed by atoms with E-state index in [4.69, 9.17) is 10.5 Å². The molecule has 0 saturated heterocycles. The average Bonchev–Trinajstić information content (AvgIpc) is 2.79. The van der Waals surface area contributed by atoms with Gasteiger partial charge in [-0.3, -0.25) is 0 Å². The van der Waals surface area contributed by atoms with Gasteiger partial charge in [-0.1, -0.05) is 69.2 Å². The molecule has 3 rings (SSSR count). The van der Waals surface area contributed by atoms with Crippen LogP contribution in [-0.4, -0.2) is 18.8 Å². The standard InChI is InChI=1S/C28H36FNO/c1-5-11-27(30)21(3)23-16-22(17-24(18-23)25-12-7-8-13-26(25)29)20(2)19-28(31-4)14-9-6-10-15-28/h5,7-8,12-13,16-18,21,27H,1-2,6,9-11,14-15,19,30H2,3-4H3. The van der Waals surface area contributed by atoms with Crippen molar-refractivity contribution in [3.05, 3.63) is 78.6 Å². The predicted molar refractivity (Wildman–Crippen MR) is 130 cm³/mol. The topological polar surface area (TPSA) is 35.2 Å². The Bertz CT molecular complexity index is 913. The third-order valence-electron chi connectivity index (χ3n) is 6.89. The Kier molecular flexibility index (Phi) is 7.85. The van der Waals surface area contributed by atoms with E-state index in [1.54, 1.807) is 6.07 Å². The lowest BCUT2D eigenvalue weighted by Crippen LogP contribution is -2.34. The van der Waals surface area contributed by atoms with Gasteiger partial charge in [0.25, 0.3) is 0 Å². The summed E-state index contributed by atoms with van der Waals surface area (Å²) in [6, 6.07) is 13.2.